The molecular formula is C20H26N2O3. The van der Waals surface area contributed by atoms with Crippen molar-refractivity contribution < 1.29 is 14.3 Å². The molecule has 2 rings (SSSR count). The monoisotopic (exact) mass is 342 g/mol. The Labute approximate surface area is 149 Å². The zero-order valence-electron chi connectivity index (χ0n) is 15.5. The molecule has 0 aliphatic rings. The highest BCUT2D eigenvalue weighted by atomic mass is 16.5. The summed E-state index contributed by atoms with van der Waals surface area (Å²) in [5, 5.41) is 6.16. The third-order valence-corrected chi connectivity index (χ3v) is 4.13. The van der Waals surface area contributed by atoms with Crippen molar-refractivity contribution in [2.75, 3.05) is 24.9 Å². The summed E-state index contributed by atoms with van der Waals surface area (Å²) in [5.74, 6) is 1.19. The molecule has 0 saturated heterocycles. The van der Waals surface area contributed by atoms with E-state index in [9.17, 15) is 4.79 Å². The normalized spacial score (nSPS) is 11.6. The lowest BCUT2D eigenvalue weighted by Gasteiger charge is -2.19. The van der Waals surface area contributed by atoms with Crippen molar-refractivity contribution in [3.63, 3.8) is 0 Å². The number of carbonyl (C=O) groups is 1. The Morgan fingerprint density at radius 1 is 1.08 bits per heavy atom. The standard InChI is InChI=1S/C20H26N2O3/c1-6-15-7-9-16(10-8-15)22-20(23)14(3)21-17-12-19(25-5)18(24-4)11-13(17)2/h7-12,14,21H,6H2,1-5H3,(H,22,23)/t14-/m1/s1. The van der Waals surface area contributed by atoms with Gasteiger partial charge in [-0.25, -0.2) is 0 Å². The molecule has 0 unspecified atom stereocenters. The van der Waals surface area contributed by atoms with E-state index in [1.54, 1.807) is 14.2 Å². The molecule has 0 spiro atoms. The lowest BCUT2D eigenvalue weighted by Crippen LogP contribution is -2.32. The van der Waals surface area contributed by atoms with E-state index in [1.807, 2.05) is 50.2 Å². The fraction of sp³-hybridized carbons (Fsp3) is 0.350. The third-order valence-electron chi connectivity index (χ3n) is 4.13. The zero-order chi connectivity index (χ0) is 18.4. The van der Waals surface area contributed by atoms with Crippen LogP contribution in [0.3, 0.4) is 0 Å². The van der Waals surface area contributed by atoms with Crippen LogP contribution < -0.4 is 20.1 Å². The van der Waals surface area contributed by atoms with Crippen LogP contribution in [0.1, 0.15) is 25.0 Å². The fourth-order valence-corrected chi connectivity index (χ4v) is 2.51. The molecule has 1 amide bonds. The molecule has 1 atom stereocenters. The number of benzene rings is 2. The summed E-state index contributed by atoms with van der Waals surface area (Å²) in [6.45, 7) is 5.88. The summed E-state index contributed by atoms with van der Waals surface area (Å²) in [5.41, 5.74) is 3.84. The van der Waals surface area contributed by atoms with E-state index in [0.717, 1.165) is 23.4 Å². The predicted molar refractivity (Wildman–Crippen MR) is 102 cm³/mol. The average Bonchev–Trinajstić information content (AvgIpc) is 2.63. The molecule has 2 N–H and O–H groups in total. The Morgan fingerprint density at radius 3 is 2.24 bits per heavy atom. The largest absolute Gasteiger partial charge is 0.493 e. The number of rotatable bonds is 7. The quantitative estimate of drug-likeness (QED) is 0.798. The summed E-state index contributed by atoms with van der Waals surface area (Å²) < 4.78 is 10.6. The van der Waals surface area contributed by atoms with Crippen LogP contribution in [-0.4, -0.2) is 26.2 Å². The van der Waals surface area contributed by atoms with Crippen molar-refractivity contribution >= 4 is 17.3 Å². The molecular weight excluding hydrogens is 316 g/mol. The number of nitrogens with one attached hydrogen (secondary N) is 2. The highest BCUT2D eigenvalue weighted by Gasteiger charge is 2.16. The number of anilines is 2. The van der Waals surface area contributed by atoms with Gasteiger partial charge >= 0.3 is 0 Å². The van der Waals surface area contributed by atoms with Gasteiger partial charge in [-0.1, -0.05) is 19.1 Å². The number of ether oxygens (including phenoxy) is 2. The van der Waals surface area contributed by atoms with Crippen LogP contribution >= 0.6 is 0 Å². The van der Waals surface area contributed by atoms with Crippen molar-refractivity contribution in [3.8, 4) is 11.5 Å². The Morgan fingerprint density at radius 2 is 1.68 bits per heavy atom. The maximum absolute atomic E-state index is 12.4. The van der Waals surface area contributed by atoms with Crippen molar-refractivity contribution in [1.29, 1.82) is 0 Å². The first-order chi connectivity index (χ1) is 12.0. The van der Waals surface area contributed by atoms with Gasteiger partial charge in [-0.2, -0.15) is 0 Å². The number of amides is 1. The van der Waals surface area contributed by atoms with Crippen LogP contribution in [0, 0.1) is 6.92 Å². The third kappa shape index (κ3) is 4.66. The Hall–Kier alpha value is -2.69. The molecule has 0 saturated carbocycles. The summed E-state index contributed by atoms with van der Waals surface area (Å²) >= 11 is 0. The molecule has 0 aliphatic heterocycles. The Balaban J connectivity index is 2.07. The molecule has 0 aromatic heterocycles. The van der Waals surface area contributed by atoms with Gasteiger partial charge in [0.15, 0.2) is 11.5 Å². The highest BCUT2D eigenvalue weighted by molar-refractivity contribution is 5.96. The van der Waals surface area contributed by atoms with Crippen LogP contribution in [0.25, 0.3) is 0 Å². The Kier molecular flexibility index (Phi) is 6.28. The molecule has 134 valence electrons. The second-order valence-corrected chi connectivity index (χ2v) is 5.93. The van der Waals surface area contributed by atoms with Crippen molar-refractivity contribution in [2.24, 2.45) is 0 Å². The number of hydrogen-bond acceptors (Lipinski definition) is 4. The van der Waals surface area contributed by atoms with E-state index < -0.39 is 6.04 Å². The fourth-order valence-electron chi connectivity index (χ4n) is 2.51. The molecule has 0 aliphatic carbocycles. The minimum atomic E-state index is -0.400. The van der Waals surface area contributed by atoms with Gasteiger partial charge in [0, 0.05) is 17.4 Å². The van der Waals surface area contributed by atoms with Gasteiger partial charge in [-0.3, -0.25) is 4.79 Å². The van der Waals surface area contributed by atoms with Gasteiger partial charge in [0.1, 0.15) is 6.04 Å². The maximum atomic E-state index is 12.4. The van der Waals surface area contributed by atoms with Crippen LogP contribution in [0.4, 0.5) is 11.4 Å². The van der Waals surface area contributed by atoms with E-state index in [4.69, 9.17) is 9.47 Å². The smallest absolute Gasteiger partial charge is 0.246 e. The second-order valence-electron chi connectivity index (χ2n) is 5.93. The number of hydrogen-bond donors (Lipinski definition) is 2. The van der Waals surface area contributed by atoms with Gasteiger partial charge in [-0.05, 0) is 49.6 Å². The SMILES string of the molecule is CCc1ccc(NC(=O)[C@@H](C)Nc2cc(OC)c(OC)cc2C)cc1. The molecule has 0 radical (unpaired) electrons. The first-order valence-electron chi connectivity index (χ1n) is 8.37. The topological polar surface area (TPSA) is 59.6 Å². The second kappa shape index (κ2) is 8.42. The van der Waals surface area contributed by atoms with Crippen LogP contribution in [-0.2, 0) is 11.2 Å². The summed E-state index contributed by atoms with van der Waals surface area (Å²) in [4.78, 5) is 12.4. The molecule has 0 heterocycles. The predicted octanol–water partition coefficient (Wildman–Crippen LogP) is 4.01. The van der Waals surface area contributed by atoms with Crippen LogP contribution in [0.5, 0.6) is 11.5 Å². The maximum Gasteiger partial charge on any atom is 0.246 e. The van der Waals surface area contributed by atoms with Crippen molar-refractivity contribution in [3.05, 3.63) is 47.5 Å². The van der Waals surface area contributed by atoms with Crippen LogP contribution in [0.15, 0.2) is 36.4 Å². The summed E-state index contributed by atoms with van der Waals surface area (Å²) in [6.07, 6.45) is 0.977. The van der Waals surface area contributed by atoms with E-state index >= 15 is 0 Å². The molecule has 5 nitrogen and oxygen atoms in total. The van der Waals surface area contributed by atoms with Gasteiger partial charge in [0.25, 0.3) is 0 Å². The van der Waals surface area contributed by atoms with E-state index in [1.165, 1.54) is 5.56 Å². The average molecular weight is 342 g/mol. The van der Waals surface area contributed by atoms with Gasteiger partial charge < -0.3 is 20.1 Å². The first-order valence-corrected chi connectivity index (χ1v) is 8.37. The first kappa shape index (κ1) is 18.6. The van der Waals surface area contributed by atoms with Crippen LogP contribution in [0.2, 0.25) is 0 Å². The highest BCUT2D eigenvalue weighted by Crippen LogP contribution is 2.33. The van der Waals surface area contributed by atoms with E-state index in [-0.39, 0.29) is 5.91 Å². The molecule has 0 bridgehead atoms. The van der Waals surface area contributed by atoms with E-state index in [0.29, 0.717) is 11.5 Å². The summed E-state index contributed by atoms with van der Waals surface area (Å²) in [7, 11) is 3.19. The van der Waals surface area contributed by atoms with Crippen molar-refractivity contribution in [1.82, 2.24) is 0 Å². The van der Waals surface area contributed by atoms with Crippen molar-refractivity contribution in [2.45, 2.75) is 33.2 Å². The molecule has 0 fully saturated rings. The number of aryl methyl sites for hydroxylation is 2. The lowest BCUT2D eigenvalue weighted by atomic mass is 10.1. The minimum absolute atomic E-state index is 0.0987. The zero-order valence-corrected chi connectivity index (χ0v) is 15.5. The molecule has 2 aromatic carbocycles. The molecule has 2 aromatic rings. The van der Waals surface area contributed by atoms with E-state index in [2.05, 4.69) is 17.6 Å². The number of methoxy groups -OCH3 is 2. The number of carbonyl (C=O) groups excluding carboxylic acids is 1. The lowest BCUT2D eigenvalue weighted by molar-refractivity contribution is -0.116. The minimum Gasteiger partial charge on any atom is -0.493 e. The Bertz CT molecular complexity index is 726. The van der Waals surface area contributed by atoms with Gasteiger partial charge in [0.05, 0.1) is 14.2 Å². The van der Waals surface area contributed by atoms with Gasteiger partial charge in [-0.15, -0.1) is 0 Å². The molecule has 25 heavy (non-hydrogen) atoms. The molecule has 5 heteroatoms. The van der Waals surface area contributed by atoms with Gasteiger partial charge in [0.2, 0.25) is 5.91 Å². The summed E-state index contributed by atoms with van der Waals surface area (Å²) in [6, 6.07) is 11.2.